The van der Waals surface area contributed by atoms with Gasteiger partial charge in [-0.2, -0.15) is 0 Å². The molecular weight excluding hydrogens is 218 g/mol. The fraction of sp³-hybridized carbons (Fsp3) is 0.300. The molecule has 1 aromatic rings. The molecule has 0 aliphatic rings. The topological polar surface area (TPSA) is 64.3 Å². The number of anilines is 2. The highest BCUT2D eigenvalue weighted by atomic mass is 19.3. The summed E-state index contributed by atoms with van der Waals surface area (Å²) in [6.45, 7) is -0.519. The van der Waals surface area contributed by atoms with Gasteiger partial charge in [0.1, 0.15) is 0 Å². The van der Waals surface area contributed by atoms with Gasteiger partial charge in [0.15, 0.2) is 0 Å². The van der Waals surface area contributed by atoms with Gasteiger partial charge in [0.05, 0.1) is 30.6 Å². The van der Waals surface area contributed by atoms with E-state index in [0.717, 1.165) is 0 Å². The van der Waals surface area contributed by atoms with E-state index >= 15 is 0 Å². The SMILES string of the molecule is COC(=O)c1cccc(NCC(F)F)c1N. The number of carbonyl (C=O) groups is 1. The number of hydrogen-bond acceptors (Lipinski definition) is 4. The average molecular weight is 230 g/mol. The Morgan fingerprint density at radius 2 is 2.25 bits per heavy atom. The molecule has 0 aromatic heterocycles. The van der Waals surface area contributed by atoms with Gasteiger partial charge in [-0.25, -0.2) is 13.6 Å². The van der Waals surface area contributed by atoms with Gasteiger partial charge in [-0.3, -0.25) is 0 Å². The maximum Gasteiger partial charge on any atom is 0.340 e. The first-order valence-electron chi connectivity index (χ1n) is 4.55. The van der Waals surface area contributed by atoms with Crippen molar-refractivity contribution < 1.29 is 18.3 Å². The molecule has 0 radical (unpaired) electrons. The van der Waals surface area contributed by atoms with Gasteiger partial charge in [-0.1, -0.05) is 6.07 Å². The largest absolute Gasteiger partial charge is 0.465 e. The second-order valence-electron chi connectivity index (χ2n) is 3.03. The van der Waals surface area contributed by atoms with Crippen LogP contribution in [-0.2, 0) is 4.74 Å². The summed E-state index contributed by atoms with van der Waals surface area (Å²) in [4.78, 5) is 11.2. The number of hydrogen-bond donors (Lipinski definition) is 2. The van der Waals surface area contributed by atoms with Gasteiger partial charge < -0.3 is 15.8 Å². The van der Waals surface area contributed by atoms with Crippen LogP contribution in [-0.4, -0.2) is 26.0 Å². The summed E-state index contributed by atoms with van der Waals surface area (Å²) in [5.41, 5.74) is 6.19. The van der Waals surface area contributed by atoms with E-state index in [1.165, 1.54) is 25.3 Å². The summed E-state index contributed by atoms with van der Waals surface area (Å²) in [5, 5.41) is 2.45. The smallest absolute Gasteiger partial charge is 0.340 e. The Labute approximate surface area is 91.4 Å². The Hall–Kier alpha value is -1.85. The van der Waals surface area contributed by atoms with Crippen LogP contribution in [0.15, 0.2) is 18.2 Å². The summed E-state index contributed by atoms with van der Waals surface area (Å²) in [6, 6.07) is 4.52. The maximum absolute atomic E-state index is 12.0. The Morgan fingerprint density at radius 1 is 1.56 bits per heavy atom. The molecule has 0 aliphatic heterocycles. The van der Waals surface area contributed by atoms with Gasteiger partial charge in [-0.15, -0.1) is 0 Å². The van der Waals surface area contributed by atoms with Gasteiger partial charge in [0.25, 0.3) is 6.43 Å². The van der Waals surface area contributed by atoms with Gasteiger partial charge in [0.2, 0.25) is 0 Å². The molecule has 0 saturated heterocycles. The molecule has 0 unspecified atom stereocenters. The van der Waals surface area contributed by atoms with Crippen LogP contribution in [0.25, 0.3) is 0 Å². The molecule has 16 heavy (non-hydrogen) atoms. The number of nitrogens with two attached hydrogens (primary N) is 1. The molecular formula is C10H12F2N2O2. The van der Waals surface area contributed by atoms with Crippen LogP contribution in [0, 0.1) is 0 Å². The number of methoxy groups -OCH3 is 1. The summed E-state index contributed by atoms with van der Waals surface area (Å²) < 4.78 is 28.5. The Balaban J connectivity index is 2.90. The van der Waals surface area contributed by atoms with E-state index in [-0.39, 0.29) is 11.3 Å². The van der Waals surface area contributed by atoms with E-state index in [0.29, 0.717) is 5.69 Å². The number of rotatable bonds is 4. The number of nitrogen functional groups attached to an aromatic ring is 1. The summed E-state index contributed by atoms with van der Waals surface area (Å²) in [7, 11) is 1.22. The van der Waals surface area contributed by atoms with Crippen LogP contribution in [0.3, 0.4) is 0 Å². The first-order chi connectivity index (χ1) is 7.56. The van der Waals surface area contributed by atoms with Gasteiger partial charge in [0, 0.05) is 0 Å². The van der Waals surface area contributed by atoms with Crippen LogP contribution >= 0.6 is 0 Å². The molecule has 0 saturated carbocycles. The van der Waals surface area contributed by atoms with Crippen LogP contribution in [0.5, 0.6) is 0 Å². The van der Waals surface area contributed by atoms with E-state index < -0.39 is 18.9 Å². The molecule has 0 spiro atoms. The Morgan fingerprint density at radius 3 is 2.81 bits per heavy atom. The average Bonchev–Trinajstić information content (AvgIpc) is 2.26. The monoisotopic (exact) mass is 230 g/mol. The third kappa shape index (κ3) is 2.82. The fourth-order valence-corrected chi connectivity index (χ4v) is 1.19. The van der Waals surface area contributed by atoms with E-state index in [1.54, 1.807) is 0 Å². The lowest BCUT2D eigenvalue weighted by atomic mass is 10.1. The third-order valence-corrected chi connectivity index (χ3v) is 1.96. The molecule has 4 nitrogen and oxygen atoms in total. The summed E-state index contributed by atoms with van der Waals surface area (Å²) >= 11 is 0. The Bertz CT molecular complexity index is 383. The zero-order chi connectivity index (χ0) is 12.1. The zero-order valence-corrected chi connectivity index (χ0v) is 8.67. The number of nitrogens with one attached hydrogen (secondary N) is 1. The van der Waals surface area contributed by atoms with Crippen molar-refractivity contribution in [3.05, 3.63) is 23.8 Å². The molecule has 0 fully saturated rings. The summed E-state index contributed by atoms with van der Waals surface area (Å²) in [6.07, 6.45) is -2.49. The molecule has 0 amide bonds. The molecule has 88 valence electrons. The Kier molecular flexibility index (Phi) is 4.04. The van der Waals surface area contributed by atoms with E-state index in [1.807, 2.05) is 0 Å². The predicted octanol–water partition coefficient (Wildman–Crippen LogP) is 1.73. The number of para-hydroxylation sites is 1. The van der Waals surface area contributed by atoms with Crippen molar-refractivity contribution in [2.45, 2.75) is 6.43 Å². The minimum Gasteiger partial charge on any atom is -0.465 e. The molecule has 0 bridgehead atoms. The lowest BCUT2D eigenvalue weighted by molar-refractivity contribution is 0.0602. The van der Waals surface area contributed by atoms with Gasteiger partial charge in [-0.05, 0) is 12.1 Å². The normalized spacial score (nSPS) is 10.2. The van der Waals surface area contributed by atoms with Crippen molar-refractivity contribution in [3.8, 4) is 0 Å². The number of esters is 1. The van der Waals surface area contributed by atoms with Crippen molar-refractivity contribution >= 4 is 17.3 Å². The van der Waals surface area contributed by atoms with Crippen molar-refractivity contribution in [2.24, 2.45) is 0 Å². The maximum atomic E-state index is 12.0. The van der Waals surface area contributed by atoms with Crippen molar-refractivity contribution in [2.75, 3.05) is 24.7 Å². The highest BCUT2D eigenvalue weighted by Crippen LogP contribution is 2.23. The second-order valence-corrected chi connectivity index (χ2v) is 3.03. The first kappa shape index (κ1) is 12.2. The zero-order valence-electron chi connectivity index (χ0n) is 8.67. The van der Waals surface area contributed by atoms with Gasteiger partial charge >= 0.3 is 5.97 Å². The lowest BCUT2D eigenvalue weighted by Crippen LogP contribution is -2.13. The minimum atomic E-state index is -2.49. The second kappa shape index (κ2) is 5.29. The number of alkyl halides is 2. The number of halogens is 2. The van der Waals surface area contributed by atoms with E-state index in [4.69, 9.17) is 5.73 Å². The van der Waals surface area contributed by atoms with Crippen molar-refractivity contribution in [3.63, 3.8) is 0 Å². The quantitative estimate of drug-likeness (QED) is 0.610. The standard InChI is InChI=1S/C10H12F2N2O2/c1-16-10(15)6-3-2-4-7(9(6)13)14-5-8(11)12/h2-4,8,14H,5,13H2,1H3. The van der Waals surface area contributed by atoms with Crippen molar-refractivity contribution in [1.82, 2.24) is 0 Å². The van der Waals surface area contributed by atoms with E-state index in [2.05, 4.69) is 10.1 Å². The molecule has 0 aliphatic carbocycles. The molecule has 1 rings (SSSR count). The molecule has 3 N–H and O–H groups in total. The van der Waals surface area contributed by atoms with Crippen LogP contribution < -0.4 is 11.1 Å². The predicted molar refractivity (Wildman–Crippen MR) is 56.7 cm³/mol. The molecule has 6 heteroatoms. The van der Waals surface area contributed by atoms with Crippen LogP contribution in [0.1, 0.15) is 10.4 Å². The molecule has 0 atom stereocenters. The fourth-order valence-electron chi connectivity index (χ4n) is 1.19. The number of ether oxygens (including phenoxy) is 1. The number of benzene rings is 1. The minimum absolute atomic E-state index is 0.106. The van der Waals surface area contributed by atoms with E-state index in [9.17, 15) is 13.6 Å². The molecule has 0 heterocycles. The summed E-state index contributed by atoms with van der Waals surface area (Å²) in [5.74, 6) is -0.599. The lowest BCUT2D eigenvalue weighted by Gasteiger charge is -2.11. The highest BCUT2D eigenvalue weighted by Gasteiger charge is 2.13. The first-order valence-corrected chi connectivity index (χ1v) is 4.55. The molecule has 1 aromatic carbocycles. The number of carbonyl (C=O) groups excluding carboxylic acids is 1. The van der Waals surface area contributed by atoms with Crippen LogP contribution in [0.2, 0.25) is 0 Å². The van der Waals surface area contributed by atoms with Crippen molar-refractivity contribution in [1.29, 1.82) is 0 Å². The third-order valence-electron chi connectivity index (χ3n) is 1.96. The highest BCUT2D eigenvalue weighted by molar-refractivity contribution is 5.98. The van der Waals surface area contributed by atoms with Crippen LogP contribution in [0.4, 0.5) is 20.2 Å².